The first-order chi connectivity index (χ1) is 9.50. The third-order valence-corrected chi connectivity index (χ3v) is 5.75. The van der Waals surface area contributed by atoms with E-state index in [0.29, 0.717) is 31.7 Å². The smallest absolute Gasteiger partial charge is 0.243 e. The molecule has 1 saturated heterocycles. The highest BCUT2D eigenvalue weighted by Crippen LogP contribution is 2.26. The summed E-state index contributed by atoms with van der Waals surface area (Å²) in [6.45, 7) is 2.88. The van der Waals surface area contributed by atoms with E-state index in [1.807, 2.05) is 6.92 Å². The molecule has 0 spiro atoms. The Kier molecular flexibility index (Phi) is 5.04. The lowest BCUT2D eigenvalue weighted by atomic mass is 10.2. The van der Waals surface area contributed by atoms with E-state index in [1.165, 1.54) is 22.5 Å². The fourth-order valence-corrected chi connectivity index (χ4v) is 4.23. The van der Waals surface area contributed by atoms with Gasteiger partial charge in [0.2, 0.25) is 10.0 Å². The van der Waals surface area contributed by atoms with Crippen molar-refractivity contribution >= 4 is 21.6 Å². The van der Waals surface area contributed by atoms with Gasteiger partial charge in [0, 0.05) is 17.6 Å². The second kappa shape index (κ2) is 6.41. The predicted molar refractivity (Wildman–Crippen MR) is 76.2 cm³/mol. The number of sulfonamides is 1. The summed E-state index contributed by atoms with van der Waals surface area (Å²) >= 11 is 5.98. The molecule has 0 aliphatic carbocycles. The van der Waals surface area contributed by atoms with Crippen molar-refractivity contribution in [2.45, 2.75) is 30.9 Å². The zero-order valence-electron chi connectivity index (χ0n) is 11.3. The summed E-state index contributed by atoms with van der Waals surface area (Å²) in [5.74, 6) is 0. The van der Waals surface area contributed by atoms with Gasteiger partial charge in [-0.15, -0.1) is 0 Å². The Morgan fingerprint density at radius 3 is 2.85 bits per heavy atom. The van der Waals surface area contributed by atoms with Gasteiger partial charge >= 0.3 is 0 Å². The third kappa shape index (κ3) is 2.99. The lowest BCUT2D eigenvalue weighted by Gasteiger charge is -2.34. The highest BCUT2D eigenvalue weighted by molar-refractivity contribution is 7.89. The Labute approximate surface area is 124 Å². The van der Waals surface area contributed by atoms with Crippen LogP contribution in [0.25, 0.3) is 0 Å². The van der Waals surface area contributed by atoms with Crippen molar-refractivity contribution in [1.29, 1.82) is 0 Å². The van der Waals surface area contributed by atoms with Crippen molar-refractivity contribution in [2.24, 2.45) is 0 Å². The monoisotopic (exact) mass is 319 g/mol. The third-order valence-electron chi connectivity index (χ3n) is 3.45. The number of hydrogen-bond donors (Lipinski definition) is 1. The fraction of sp³-hybridized carbons (Fsp3) is 0.538. The molecular formula is C13H18ClNO4S. The number of nitrogens with zero attached hydrogens (tertiary/aromatic N) is 1. The van der Waals surface area contributed by atoms with Gasteiger partial charge in [-0.2, -0.15) is 4.31 Å². The number of aliphatic hydroxyl groups excluding tert-OH is 1. The number of ether oxygens (including phenoxy) is 1. The molecule has 1 aromatic carbocycles. The number of rotatable bonds is 4. The Bertz CT molecular complexity index is 576. The molecule has 1 atom stereocenters. The summed E-state index contributed by atoms with van der Waals surface area (Å²) in [7, 11) is -3.58. The highest BCUT2D eigenvalue weighted by atomic mass is 35.5. The summed E-state index contributed by atoms with van der Waals surface area (Å²) in [4.78, 5) is 0.153. The maximum Gasteiger partial charge on any atom is 0.243 e. The van der Waals surface area contributed by atoms with Crippen molar-refractivity contribution in [3.63, 3.8) is 0 Å². The first-order valence-corrected chi connectivity index (χ1v) is 8.31. The Balaban J connectivity index is 2.36. The maximum atomic E-state index is 12.7. The average molecular weight is 320 g/mol. The molecular weight excluding hydrogens is 302 g/mol. The maximum absolute atomic E-state index is 12.7. The summed E-state index contributed by atoms with van der Waals surface area (Å²) < 4.78 is 32.1. The zero-order chi connectivity index (χ0) is 14.8. The van der Waals surface area contributed by atoms with Gasteiger partial charge in [0.05, 0.1) is 24.7 Å². The van der Waals surface area contributed by atoms with Gasteiger partial charge in [-0.1, -0.05) is 24.6 Å². The van der Waals surface area contributed by atoms with Gasteiger partial charge in [-0.05, 0) is 24.1 Å². The summed E-state index contributed by atoms with van der Waals surface area (Å²) in [6.07, 6.45) is 0.696. The molecule has 7 heteroatoms. The van der Waals surface area contributed by atoms with E-state index < -0.39 is 10.0 Å². The quantitative estimate of drug-likeness (QED) is 0.916. The Hall–Kier alpha value is -0.660. The SMILES string of the molecule is CCC1COCCN1S(=O)(=O)c1ccc(CO)c(Cl)c1. The first-order valence-electron chi connectivity index (χ1n) is 6.49. The van der Waals surface area contributed by atoms with Crippen LogP contribution in [0.3, 0.4) is 0 Å². The molecule has 20 heavy (non-hydrogen) atoms. The van der Waals surface area contributed by atoms with E-state index >= 15 is 0 Å². The lowest BCUT2D eigenvalue weighted by Crippen LogP contribution is -2.48. The van der Waals surface area contributed by atoms with Crippen molar-refractivity contribution < 1.29 is 18.3 Å². The van der Waals surface area contributed by atoms with Crippen LogP contribution in [0.5, 0.6) is 0 Å². The van der Waals surface area contributed by atoms with E-state index in [1.54, 1.807) is 0 Å². The molecule has 5 nitrogen and oxygen atoms in total. The van der Waals surface area contributed by atoms with Gasteiger partial charge in [0.15, 0.2) is 0 Å². The standard InChI is InChI=1S/C13H18ClNO4S/c1-2-11-9-19-6-5-15(11)20(17,18)12-4-3-10(8-16)13(14)7-12/h3-4,7,11,16H,2,5-6,8-9H2,1H3. The van der Waals surface area contributed by atoms with Gasteiger partial charge in [0.25, 0.3) is 0 Å². The molecule has 1 N–H and O–H groups in total. The van der Waals surface area contributed by atoms with Gasteiger partial charge in [-0.25, -0.2) is 8.42 Å². The minimum absolute atomic E-state index is 0.148. The van der Waals surface area contributed by atoms with Crippen LogP contribution >= 0.6 is 11.6 Å². The van der Waals surface area contributed by atoms with Crippen LogP contribution in [0.4, 0.5) is 0 Å². The van der Waals surface area contributed by atoms with Crippen LogP contribution in [0, 0.1) is 0 Å². The second-order valence-corrected chi connectivity index (χ2v) is 6.96. The summed E-state index contributed by atoms with van der Waals surface area (Å²) in [6, 6.07) is 4.26. The number of hydrogen-bond acceptors (Lipinski definition) is 4. The van der Waals surface area contributed by atoms with E-state index in [-0.39, 0.29) is 22.6 Å². The highest BCUT2D eigenvalue weighted by Gasteiger charge is 2.33. The summed E-state index contributed by atoms with van der Waals surface area (Å²) in [5.41, 5.74) is 0.514. The number of aliphatic hydroxyl groups is 1. The average Bonchev–Trinajstić information content (AvgIpc) is 2.47. The van der Waals surface area contributed by atoms with Gasteiger partial charge in [0.1, 0.15) is 0 Å². The van der Waals surface area contributed by atoms with Crippen LogP contribution in [0.1, 0.15) is 18.9 Å². The number of morpholine rings is 1. The molecule has 0 saturated carbocycles. The zero-order valence-corrected chi connectivity index (χ0v) is 12.8. The molecule has 1 heterocycles. The molecule has 0 radical (unpaired) electrons. The molecule has 0 bridgehead atoms. The Morgan fingerprint density at radius 2 is 2.25 bits per heavy atom. The lowest BCUT2D eigenvalue weighted by molar-refractivity contribution is 0.0314. The van der Waals surface area contributed by atoms with E-state index in [2.05, 4.69) is 0 Å². The molecule has 0 aromatic heterocycles. The van der Waals surface area contributed by atoms with E-state index in [4.69, 9.17) is 21.4 Å². The first kappa shape index (κ1) is 15.7. The molecule has 1 unspecified atom stereocenters. The van der Waals surface area contributed by atoms with E-state index in [9.17, 15) is 8.42 Å². The molecule has 1 aliphatic heterocycles. The fourth-order valence-electron chi connectivity index (χ4n) is 2.23. The van der Waals surface area contributed by atoms with Crippen molar-refractivity contribution in [1.82, 2.24) is 4.31 Å². The molecule has 1 aromatic rings. The normalized spacial score (nSPS) is 21.1. The molecule has 112 valence electrons. The molecule has 1 aliphatic rings. The van der Waals surface area contributed by atoms with Crippen molar-refractivity contribution in [2.75, 3.05) is 19.8 Å². The number of benzene rings is 1. The van der Waals surface area contributed by atoms with Crippen LogP contribution in [-0.4, -0.2) is 43.6 Å². The van der Waals surface area contributed by atoms with Crippen molar-refractivity contribution in [3.8, 4) is 0 Å². The van der Waals surface area contributed by atoms with Crippen LogP contribution in [0.2, 0.25) is 5.02 Å². The molecule has 1 fully saturated rings. The number of halogens is 1. The van der Waals surface area contributed by atoms with Gasteiger partial charge < -0.3 is 9.84 Å². The van der Waals surface area contributed by atoms with Gasteiger partial charge in [-0.3, -0.25) is 0 Å². The molecule has 0 amide bonds. The van der Waals surface area contributed by atoms with Crippen LogP contribution < -0.4 is 0 Å². The van der Waals surface area contributed by atoms with E-state index in [0.717, 1.165) is 0 Å². The topological polar surface area (TPSA) is 66.8 Å². The Morgan fingerprint density at radius 1 is 1.50 bits per heavy atom. The second-order valence-electron chi connectivity index (χ2n) is 4.66. The van der Waals surface area contributed by atoms with Crippen LogP contribution in [0.15, 0.2) is 23.1 Å². The minimum atomic E-state index is -3.58. The van der Waals surface area contributed by atoms with Crippen LogP contribution in [-0.2, 0) is 21.4 Å². The predicted octanol–water partition coefficient (Wildman–Crippen LogP) is 1.63. The summed E-state index contributed by atoms with van der Waals surface area (Å²) in [5, 5.41) is 9.34. The minimum Gasteiger partial charge on any atom is -0.392 e. The molecule has 2 rings (SSSR count). The van der Waals surface area contributed by atoms with Crippen molar-refractivity contribution in [3.05, 3.63) is 28.8 Å². The largest absolute Gasteiger partial charge is 0.392 e.